The summed E-state index contributed by atoms with van der Waals surface area (Å²) in [5.41, 5.74) is -0.953. The molecule has 0 radical (unpaired) electrons. The molecule has 0 spiro atoms. The molecule has 0 aromatic carbocycles. The minimum Gasteiger partial charge on any atom is -0.481 e. The Morgan fingerprint density at radius 3 is 2.11 bits per heavy atom. The first-order chi connectivity index (χ1) is 8.93. The molecule has 4 rings (SSSR count). The number of nitro groups is 1. The van der Waals surface area contributed by atoms with Crippen molar-refractivity contribution in [3.05, 3.63) is 10.1 Å². The Balaban J connectivity index is 1.92. The van der Waals surface area contributed by atoms with Crippen LogP contribution >= 0.6 is 0 Å². The van der Waals surface area contributed by atoms with Gasteiger partial charge in [0.05, 0.1) is 5.92 Å². The highest BCUT2D eigenvalue weighted by molar-refractivity contribution is 5.69. The standard InChI is InChI=1S/C14H21NO4/c1-8(13(16)17)7-14(15(18)19)11-3-9-2-10(5-11)6-12(14)4-9/h8-12H,2-7H2,1H3,(H,16,17). The maximum atomic E-state index is 11.8. The van der Waals surface area contributed by atoms with Crippen molar-refractivity contribution < 1.29 is 14.8 Å². The van der Waals surface area contributed by atoms with Crippen molar-refractivity contribution in [2.75, 3.05) is 0 Å². The largest absolute Gasteiger partial charge is 0.481 e. The molecule has 4 fully saturated rings. The Morgan fingerprint density at radius 1 is 1.26 bits per heavy atom. The van der Waals surface area contributed by atoms with Crippen LogP contribution in [0.3, 0.4) is 0 Å². The minimum atomic E-state index is -0.953. The lowest BCUT2D eigenvalue weighted by molar-refractivity contribution is -0.606. The molecule has 106 valence electrons. The molecule has 4 bridgehead atoms. The van der Waals surface area contributed by atoms with Crippen LogP contribution in [0, 0.1) is 39.7 Å². The van der Waals surface area contributed by atoms with Gasteiger partial charge in [-0.1, -0.05) is 6.92 Å². The summed E-state index contributed by atoms with van der Waals surface area (Å²) in [5, 5.41) is 20.9. The van der Waals surface area contributed by atoms with Crippen molar-refractivity contribution >= 4 is 5.97 Å². The molecule has 4 aliphatic carbocycles. The highest BCUT2D eigenvalue weighted by Gasteiger charge is 2.65. The fourth-order valence-corrected chi connectivity index (χ4v) is 5.28. The molecule has 5 heteroatoms. The lowest BCUT2D eigenvalue weighted by Crippen LogP contribution is -2.62. The van der Waals surface area contributed by atoms with Crippen LogP contribution in [0.25, 0.3) is 0 Å². The van der Waals surface area contributed by atoms with Crippen molar-refractivity contribution in [1.29, 1.82) is 0 Å². The number of carboxylic acid groups (broad SMARTS) is 1. The third-order valence-corrected chi connectivity index (χ3v) is 5.95. The number of hydrogen-bond donors (Lipinski definition) is 1. The second kappa shape index (κ2) is 4.18. The van der Waals surface area contributed by atoms with Crippen molar-refractivity contribution in [3.63, 3.8) is 0 Å². The maximum Gasteiger partial charge on any atom is 0.306 e. The number of carboxylic acids is 1. The van der Waals surface area contributed by atoms with Gasteiger partial charge < -0.3 is 5.11 Å². The smallest absolute Gasteiger partial charge is 0.306 e. The van der Waals surface area contributed by atoms with Crippen LogP contribution in [-0.2, 0) is 4.79 Å². The van der Waals surface area contributed by atoms with Gasteiger partial charge in [-0.05, 0) is 43.9 Å². The van der Waals surface area contributed by atoms with E-state index in [1.807, 2.05) is 0 Å². The lowest BCUT2D eigenvalue weighted by Gasteiger charge is -2.56. The molecule has 4 aliphatic rings. The van der Waals surface area contributed by atoms with Gasteiger partial charge >= 0.3 is 5.97 Å². The Morgan fingerprint density at radius 2 is 1.74 bits per heavy atom. The van der Waals surface area contributed by atoms with Crippen molar-refractivity contribution in [2.24, 2.45) is 29.6 Å². The molecule has 19 heavy (non-hydrogen) atoms. The van der Waals surface area contributed by atoms with Crippen LogP contribution in [-0.4, -0.2) is 21.5 Å². The normalized spacial score (nSPS) is 45.1. The number of rotatable bonds is 4. The van der Waals surface area contributed by atoms with Crippen LogP contribution in [0.2, 0.25) is 0 Å². The highest BCUT2D eigenvalue weighted by atomic mass is 16.6. The monoisotopic (exact) mass is 267 g/mol. The van der Waals surface area contributed by atoms with E-state index in [2.05, 4.69) is 0 Å². The van der Waals surface area contributed by atoms with E-state index in [1.165, 1.54) is 6.42 Å². The van der Waals surface area contributed by atoms with Gasteiger partial charge in [0, 0.05) is 23.2 Å². The van der Waals surface area contributed by atoms with Gasteiger partial charge in [0.25, 0.3) is 0 Å². The SMILES string of the molecule is CC(CC1([N+](=O)[O-])C2CC3CC(C2)CC1C3)C(=O)O. The van der Waals surface area contributed by atoms with Crippen molar-refractivity contribution in [3.8, 4) is 0 Å². The molecule has 0 aromatic rings. The Labute approximate surface area is 112 Å². The van der Waals surface area contributed by atoms with E-state index in [0.29, 0.717) is 11.8 Å². The predicted octanol–water partition coefficient (Wildman–Crippen LogP) is 2.57. The van der Waals surface area contributed by atoms with Gasteiger partial charge in [0.15, 0.2) is 0 Å². The molecule has 0 aromatic heterocycles. The maximum absolute atomic E-state index is 11.8. The zero-order chi connectivity index (χ0) is 13.8. The predicted molar refractivity (Wildman–Crippen MR) is 68.2 cm³/mol. The summed E-state index contributed by atoms with van der Waals surface area (Å²) >= 11 is 0. The number of aliphatic carboxylic acids is 1. The molecular weight excluding hydrogens is 246 g/mol. The molecule has 0 heterocycles. The Kier molecular flexibility index (Phi) is 2.84. The van der Waals surface area contributed by atoms with E-state index in [1.54, 1.807) is 6.92 Å². The van der Waals surface area contributed by atoms with Crippen LogP contribution < -0.4 is 0 Å². The summed E-state index contributed by atoms with van der Waals surface area (Å²) < 4.78 is 0. The second-order valence-electron chi connectivity index (χ2n) is 7.00. The van der Waals surface area contributed by atoms with Gasteiger partial charge in [-0.3, -0.25) is 14.9 Å². The Hall–Kier alpha value is -1.13. The fraction of sp³-hybridized carbons (Fsp3) is 0.929. The van der Waals surface area contributed by atoms with E-state index < -0.39 is 17.4 Å². The summed E-state index contributed by atoms with van der Waals surface area (Å²) in [5.74, 6) is 0.0190. The fourth-order valence-electron chi connectivity index (χ4n) is 5.28. The lowest BCUT2D eigenvalue weighted by atomic mass is 9.47. The second-order valence-corrected chi connectivity index (χ2v) is 7.00. The van der Waals surface area contributed by atoms with Gasteiger partial charge in [0.1, 0.15) is 0 Å². The van der Waals surface area contributed by atoms with E-state index >= 15 is 0 Å². The molecule has 5 nitrogen and oxygen atoms in total. The van der Waals surface area contributed by atoms with E-state index in [-0.39, 0.29) is 23.2 Å². The van der Waals surface area contributed by atoms with Crippen molar-refractivity contribution in [1.82, 2.24) is 0 Å². The summed E-state index contributed by atoms with van der Waals surface area (Å²) in [6, 6.07) is 0. The molecule has 0 aliphatic heterocycles. The summed E-state index contributed by atoms with van der Waals surface area (Å²) in [6.07, 6.45) is 5.24. The number of carbonyl (C=O) groups is 1. The zero-order valence-corrected chi connectivity index (χ0v) is 11.2. The van der Waals surface area contributed by atoms with Gasteiger partial charge in [0.2, 0.25) is 5.54 Å². The molecule has 0 saturated heterocycles. The summed E-state index contributed by atoms with van der Waals surface area (Å²) in [6.45, 7) is 1.61. The van der Waals surface area contributed by atoms with E-state index in [9.17, 15) is 14.9 Å². The van der Waals surface area contributed by atoms with E-state index in [4.69, 9.17) is 5.11 Å². The van der Waals surface area contributed by atoms with E-state index in [0.717, 1.165) is 25.7 Å². The molecule has 4 saturated carbocycles. The molecule has 0 amide bonds. The number of nitrogens with zero attached hydrogens (tertiary/aromatic N) is 1. The molecule has 1 atom stereocenters. The Bertz CT molecular complexity index is 392. The van der Waals surface area contributed by atoms with Crippen LogP contribution in [0.1, 0.15) is 45.4 Å². The summed E-state index contributed by atoms with van der Waals surface area (Å²) in [7, 11) is 0. The third-order valence-electron chi connectivity index (χ3n) is 5.95. The van der Waals surface area contributed by atoms with Gasteiger partial charge in [-0.25, -0.2) is 0 Å². The first-order valence-corrected chi connectivity index (χ1v) is 7.30. The average molecular weight is 267 g/mol. The van der Waals surface area contributed by atoms with Gasteiger partial charge in [-0.2, -0.15) is 0 Å². The van der Waals surface area contributed by atoms with Crippen molar-refractivity contribution in [2.45, 2.75) is 51.0 Å². The zero-order valence-electron chi connectivity index (χ0n) is 11.2. The van der Waals surface area contributed by atoms with Crippen LogP contribution in [0.4, 0.5) is 0 Å². The topological polar surface area (TPSA) is 80.4 Å². The molecule has 1 N–H and O–H groups in total. The average Bonchev–Trinajstić information content (AvgIpc) is 2.32. The van der Waals surface area contributed by atoms with Crippen LogP contribution in [0.5, 0.6) is 0 Å². The summed E-state index contributed by atoms with van der Waals surface area (Å²) in [4.78, 5) is 22.8. The first-order valence-electron chi connectivity index (χ1n) is 7.30. The number of hydrogen-bond acceptors (Lipinski definition) is 3. The quantitative estimate of drug-likeness (QED) is 0.627. The molecule has 1 unspecified atom stereocenters. The third kappa shape index (κ3) is 1.77. The molecular formula is C14H21NO4. The van der Waals surface area contributed by atoms with Gasteiger partial charge in [-0.15, -0.1) is 0 Å². The minimum absolute atomic E-state index is 0.112. The first kappa shape index (κ1) is 12.9. The highest BCUT2D eigenvalue weighted by Crippen LogP contribution is 2.60. The van der Waals surface area contributed by atoms with Crippen LogP contribution in [0.15, 0.2) is 0 Å².